The first-order chi connectivity index (χ1) is 9.69. The molecular formula is C15H20N2O3. The summed E-state index contributed by atoms with van der Waals surface area (Å²) in [5.41, 5.74) is 1.18. The highest BCUT2D eigenvalue weighted by atomic mass is 16.5. The number of ether oxygens (including phenoxy) is 1. The lowest BCUT2D eigenvalue weighted by atomic mass is 10.1. The molecule has 1 unspecified atom stereocenters. The molecule has 1 amide bonds. The first kappa shape index (κ1) is 14.5. The Hall–Kier alpha value is -1.88. The standard InChI is InChI=1S/C15H20N2O3/c1-2-20-15(19)11-5-7-12(8-6-11)17-14(18)10-13-4-3-9-16-13/h5-8,13,16H,2-4,9-10H2,1H3,(H,17,18). The second-order valence-corrected chi connectivity index (χ2v) is 4.84. The van der Waals surface area contributed by atoms with Gasteiger partial charge in [0.05, 0.1) is 12.2 Å². The van der Waals surface area contributed by atoms with Gasteiger partial charge in [-0.2, -0.15) is 0 Å². The Kier molecular flexibility index (Phi) is 5.12. The summed E-state index contributed by atoms with van der Waals surface area (Å²) in [5, 5.41) is 6.13. The van der Waals surface area contributed by atoms with E-state index in [4.69, 9.17) is 4.74 Å². The van der Waals surface area contributed by atoms with Crippen molar-refractivity contribution in [3.05, 3.63) is 29.8 Å². The van der Waals surface area contributed by atoms with E-state index in [1.165, 1.54) is 0 Å². The number of carbonyl (C=O) groups is 2. The minimum Gasteiger partial charge on any atom is -0.462 e. The quantitative estimate of drug-likeness (QED) is 0.807. The first-order valence-electron chi connectivity index (χ1n) is 6.99. The fraction of sp³-hybridized carbons (Fsp3) is 0.467. The summed E-state index contributed by atoms with van der Waals surface area (Å²) in [5.74, 6) is -0.353. The molecular weight excluding hydrogens is 256 g/mol. The van der Waals surface area contributed by atoms with Crippen molar-refractivity contribution in [1.29, 1.82) is 0 Å². The molecule has 5 nitrogen and oxygen atoms in total. The van der Waals surface area contributed by atoms with Crippen molar-refractivity contribution in [2.75, 3.05) is 18.5 Å². The molecule has 1 aromatic carbocycles. The molecule has 20 heavy (non-hydrogen) atoms. The van der Waals surface area contributed by atoms with E-state index in [-0.39, 0.29) is 17.9 Å². The number of hydrogen-bond donors (Lipinski definition) is 2. The summed E-state index contributed by atoms with van der Waals surface area (Å²) in [4.78, 5) is 23.3. The summed E-state index contributed by atoms with van der Waals surface area (Å²) in [6.07, 6.45) is 2.67. The van der Waals surface area contributed by atoms with Crippen LogP contribution >= 0.6 is 0 Å². The Bertz CT molecular complexity index is 465. The summed E-state index contributed by atoms with van der Waals surface area (Å²) in [6, 6.07) is 7.02. The molecule has 0 radical (unpaired) electrons. The molecule has 0 aromatic heterocycles. The first-order valence-corrected chi connectivity index (χ1v) is 6.99. The van der Waals surface area contributed by atoms with E-state index in [1.54, 1.807) is 31.2 Å². The van der Waals surface area contributed by atoms with Gasteiger partial charge < -0.3 is 15.4 Å². The lowest BCUT2D eigenvalue weighted by molar-refractivity contribution is -0.116. The zero-order valence-corrected chi connectivity index (χ0v) is 11.6. The van der Waals surface area contributed by atoms with Gasteiger partial charge in [0, 0.05) is 18.2 Å². The van der Waals surface area contributed by atoms with Crippen molar-refractivity contribution < 1.29 is 14.3 Å². The molecule has 2 N–H and O–H groups in total. The van der Waals surface area contributed by atoms with Gasteiger partial charge in [0.15, 0.2) is 0 Å². The van der Waals surface area contributed by atoms with Crippen molar-refractivity contribution in [3.63, 3.8) is 0 Å². The molecule has 1 aliphatic rings. The summed E-state index contributed by atoms with van der Waals surface area (Å²) >= 11 is 0. The van der Waals surface area contributed by atoms with Crippen LogP contribution in [0.25, 0.3) is 0 Å². The van der Waals surface area contributed by atoms with Crippen LogP contribution in [-0.4, -0.2) is 31.1 Å². The fourth-order valence-corrected chi connectivity index (χ4v) is 2.27. The van der Waals surface area contributed by atoms with Crippen LogP contribution in [0.1, 0.15) is 36.5 Å². The second kappa shape index (κ2) is 7.05. The molecule has 1 aliphatic heterocycles. The average molecular weight is 276 g/mol. The van der Waals surface area contributed by atoms with Crippen molar-refractivity contribution in [2.24, 2.45) is 0 Å². The normalized spacial score (nSPS) is 17.8. The van der Waals surface area contributed by atoms with Crippen LogP contribution in [0, 0.1) is 0 Å². The smallest absolute Gasteiger partial charge is 0.338 e. The van der Waals surface area contributed by atoms with Gasteiger partial charge in [0.2, 0.25) is 5.91 Å². The maximum atomic E-state index is 11.8. The molecule has 1 atom stereocenters. The monoisotopic (exact) mass is 276 g/mol. The SMILES string of the molecule is CCOC(=O)c1ccc(NC(=O)CC2CCCN2)cc1. The Morgan fingerprint density at radius 3 is 2.70 bits per heavy atom. The molecule has 1 fully saturated rings. The predicted octanol–water partition coefficient (Wildman–Crippen LogP) is 1.94. The predicted molar refractivity (Wildman–Crippen MR) is 76.7 cm³/mol. The van der Waals surface area contributed by atoms with Crippen LogP contribution in [0.5, 0.6) is 0 Å². The topological polar surface area (TPSA) is 67.4 Å². The van der Waals surface area contributed by atoms with Gasteiger partial charge in [-0.05, 0) is 50.6 Å². The molecule has 0 saturated carbocycles. The number of esters is 1. The van der Waals surface area contributed by atoms with Gasteiger partial charge in [-0.15, -0.1) is 0 Å². The fourth-order valence-electron chi connectivity index (χ4n) is 2.27. The molecule has 0 bridgehead atoms. The van der Waals surface area contributed by atoms with Gasteiger partial charge in [-0.3, -0.25) is 4.79 Å². The Morgan fingerprint density at radius 1 is 1.35 bits per heavy atom. The van der Waals surface area contributed by atoms with Crippen LogP contribution in [0.3, 0.4) is 0 Å². The van der Waals surface area contributed by atoms with E-state index in [0.29, 0.717) is 24.3 Å². The molecule has 0 aliphatic carbocycles. The molecule has 5 heteroatoms. The maximum Gasteiger partial charge on any atom is 0.338 e. The highest BCUT2D eigenvalue weighted by molar-refractivity contribution is 5.93. The third kappa shape index (κ3) is 4.06. The van der Waals surface area contributed by atoms with Crippen molar-refractivity contribution in [2.45, 2.75) is 32.2 Å². The number of carbonyl (C=O) groups excluding carboxylic acids is 2. The van der Waals surface area contributed by atoms with E-state index in [2.05, 4.69) is 10.6 Å². The third-order valence-corrected chi connectivity index (χ3v) is 3.27. The lowest BCUT2D eigenvalue weighted by Crippen LogP contribution is -2.27. The Balaban J connectivity index is 1.86. The summed E-state index contributed by atoms with van der Waals surface area (Å²) in [7, 11) is 0. The minimum absolute atomic E-state index is 0.00622. The maximum absolute atomic E-state index is 11.8. The summed E-state index contributed by atoms with van der Waals surface area (Å²) < 4.78 is 4.90. The van der Waals surface area contributed by atoms with E-state index in [9.17, 15) is 9.59 Å². The molecule has 1 saturated heterocycles. The van der Waals surface area contributed by atoms with E-state index in [0.717, 1.165) is 19.4 Å². The van der Waals surface area contributed by atoms with Gasteiger partial charge in [0.1, 0.15) is 0 Å². The Morgan fingerprint density at radius 2 is 2.10 bits per heavy atom. The molecule has 1 aromatic rings. The average Bonchev–Trinajstić information content (AvgIpc) is 2.92. The van der Waals surface area contributed by atoms with E-state index in [1.807, 2.05) is 0 Å². The Labute approximate surface area is 118 Å². The highest BCUT2D eigenvalue weighted by Crippen LogP contribution is 2.13. The zero-order valence-electron chi connectivity index (χ0n) is 11.6. The zero-order chi connectivity index (χ0) is 14.4. The number of nitrogens with one attached hydrogen (secondary N) is 2. The third-order valence-electron chi connectivity index (χ3n) is 3.27. The largest absolute Gasteiger partial charge is 0.462 e. The van der Waals surface area contributed by atoms with E-state index < -0.39 is 0 Å². The van der Waals surface area contributed by atoms with Crippen molar-refractivity contribution in [3.8, 4) is 0 Å². The number of hydrogen-bond acceptors (Lipinski definition) is 4. The second-order valence-electron chi connectivity index (χ2n) is 4.84. The van der Waals surface area contributed by atoms with Gasteiger partial charge >= 0.3 is 5.97 Å². The number of benzene rings is 1. The molecule has 0 spiro atoms. The number of rotatable bonds is 5. The van der Waals surface area contributed by atoms with Gasteiger partial charge in [-0.25, -0.2) is 4.79 Å². The van der Waals surface area contributed by atoms with Crippen molar-refractivity contribution >= 4 is 17.6 Å². The number of anilines is 1. The van der Waals surface area contributed by atoms with Crippen molar-refractivity contribution in [1.82, 2.24) is 5.32 Å². The van der Waals surface area contributed by atoms with Crippen LogP contribution in [0.4, 0.5) is 5.69 Å². The van der Waals surface area contributed by atoms with Crippen LogP contribution in [0.15, 0.2) is 24.3 Å². The molecule has 1 heterocycles. The van der Waals surface area contributed by atoms with Gasteiger partial charge in [-0.1, -0.05) is 0 Å². The minimum atomic E-state index is -0.347. The van der Waals surface area contributed by atoms with Crippen LogP contribution < -0.4 is 10.6 Å². The highest BCUT2D eigenvalue weighted by Gasteiger charge is 2.17. The van der Waals surface area contributed by atoms with Gasteiger partial charge in [0.25, 0.3) is 0 Å². The lowest BCUT2D eigenvalue weighted by Gasteiger charge is -2.10. The summed E-state index contributed by atoms with van der Waals surface area (Å²) in [6.45, 7) is 3.11. The number of amides is 1. The molecule has 108 valence electrons. The van der Waals surface area contributed by atoms with E-state index >= 15 is 0 Å². The van der Waals surface area contributed by atoms with Crippen LogP contribution in [0.2, 0.25) is 0 Å². The van der Waals surface area contributed by atoms with Crippen LogP contribution in [-0.2, 0) is 9.53 Å². The molecule has 2 rings (SSSR count).